The molecule has 0 amide bonds. The zero-order valence-corrected chi connectivity index (χ0v) is 11.7. The van der Waals surface area contributed by atoms with E-state index >= 15 is 0 Å². The highest BCUT2D eigenvalue weighted by Crippen LogP contribution is 2.23. The average molecular weight is 285 g/mol. The molecule has 0 aromatic heterocycles. The summed E-state index contributed by atoms with van der Waals surface area (Å²) < 4.78 is 32.0. The molecule has 0 bridgehead atoms. The van der Waals surface area contributed by atoms with Crippen molar-refractivity contribution in [2.45, 2.75) is 24.3 Å². The van der Waals surface area contributed by atoms with Crippen LogP contribution < -0.4 is 11.3 Å². The van der Waals surface area contributed by atoms with E-state index in [0.717, 1.165) is 6.42 Å². The monoisotopic (exact) mass is 285 g/mol. The second kappa shape index (κ2) is 5.87. The first-order chi connectivity index (χ1) is 9.09. The van der Waals surface area contributed by atoms with Crippen LogP contribution in [0.15, 0.2) is 29.2 Å². The Morgan fingerprint density at radius 3 is 2.68 bits per heavy atom. The van der Waals surface area contributed by atoms with Crippen LogP contribution in [0.4, 0.5) is 5.69 Å². The summed E-state index contributed by atoms with van der Waals surface area (Å²) in [7, 11) is -3.46. The molecule has 0 aliphatic carbocycles. The molecule has 1 heterocycles. The van der Waals surface area contributed by atoms with E-state index in [2.05, 4.69) is 5.43 Å². The molecule has 0 saturated carbocycles. The molecular weight excluding hydrogens is 266 g/mol. The van der Waals surface area contributed by atoms with Gasteiger partial charge in [-0.15, -0.1) is 0 Å². The lowest BCUT2D eigenvalue weighted by Crippen LogP contribution is -2.48. The minimum atomic E-state index is -3.46. The summed E-state index contributed by atoms with van der Waals surface area (Å²) in [4.78, 5) is 0.284. The molecule has 1 aromatic rings. The summed E-state index contributed by atoms with van der Waals surface area (Å²) in [6, 6.07) is 6.33. The minimum Gasteiger partial charge on any atom is -0.378 e. The summed E-state index contributed by atoms with van der Waals surface area (Å²) in [6.45, 7) is 3.26. The van der Waals surface area contributed by atoms with Crippen LogP contribution in [0.2, 0.25) is 0 Å². The minimum absolute atomic E-state index is 0.0916. The summed E-state index contributed by atoms with van der Waals surface area (Å²) in [5.41, 5.74) is 3.15. The van der Waals surface area contributed by atoms with Gasteiger partial charge in [-0.05, 0) is 30.7 Å². The summed E-state index contributed by atoms with van der Waals surface area (Å²) in [5.74, 6) is 5.27. The van der Waals surface area contributed by atoms with Gasteiger partial charge in [-0.2, -0.15) is 4.31 Å². The third-order valence-corrected chi connectivity index (χ3v) is 5.24. The van der Waals surface area contributed by atoms with Crippen molar-refractivity contribution in [2.24, 2.45) is 5.84 Å². The molecule has 0 radical (unpaired) electrons. The molecule has 19 heavy (non-hydrogen) atoms. The van der Waals surface area contributed by atoms with Gasteiger partial charge in [0.15, 0.2) is 0 Å². The van der Waals surface area contributed by atoms with E-state index in [1.165, 1.54) is 4.31 Å². The number of nitrogens with one attached hydrogen (secondary N) is 1. The second-order valence-electron chi connectivity index (χ2n) is 4.42. The quantitative estimate of drug-likeness (QED) is 0.630. The van der Waals surface area contributed by atoms with Crippen molar-refractivity contribution < 1.29 is 13.2 Å². The maximum Gasteiger partial charge on any atom is 0.243 e. The van der Waals surface area contributed by atoms with Gasteiger partial charge in [0.2, 0.25) is 10.0 Å². The van der Waals surface area contributed by atoms with Crippen molar-refractivity contribution in [1.82, 2.24) is 4.31 Å². The van der Waals surface area contributed by atoms with Crippen molar-refractivity contribution in [3.63, 3.8) is 0 Å². The van der Waals surface area contributed by atoms with Gasteiger partial charge in [0.25, 0.3) is 0 Å². The highest BCUT2D eigenvalue weighted by molar-refractivity contribution is 7.89. The number of benzene rings is 1. The predicted molar refractivity (Wildman–Crippen MR) is 73.0 cm³/mol. The molecule has 2 rings (SSSR count). The Hall–Kier alpha value is -1.15. The van der Waals surface area contributed by atoms with E-state index in [4.69, 9.17) is 10.6 Å². The van der Waals surface area contributed by atoms with Gasteiger partial charge in [-0.3, -0.25) is 5.84 Å². The van der Waals surface area contributed by atoms with Crippen molar-refractivity contribution in [3.05, 3.63) is 24.3 Å². The topological polar surface area (TPSA) is 84.7 Å². The number of nitrogens with two attached hydrogens (primary N) is 1. The number of nitrogen functional groups attached to an aromatic ring is 1. The average Bonchev–Trinajstić information content (AvgIpc) is 2.47. The molecule has 106 valence electrons. The Bertz CT molecular complexity index is 516. The molecular formula is C12H19N3O3S. The fourth-order valence-electron chi connectivity index (χ4n) is 2.14. The highest BCUT2D eigenvalue weighted by atomic mass is 32.2. The van der Waals surface area contributed by atoms with Crippen LogP contribution in [0, 0.1) is 0 Å². The third kappa shape index (κ3) is 2.89. The lowest BCUT2D eigenvalue weighted by atomic mass is 10.2. The maximum absolute atomic E-state index is 12.6. The standard InChI is InChI=1S/C12H19N3O3S/c1-2-11-9-18-8-7-15(11)19(16,17)12-5-3-10(14-13)4-6-12/h3-6,11,14H,2,7-9,13H2,1H3. The lowest BCUT2D eigenvalue weighted by molar-refractivity contribution is 0.0314. The van der Waals surface area contributed by atoms with E-state index in [0.29, 0.717) is 25.4 Å². The molecule has 1 unspecified atom stereocenters. The van der Waals surface area contributed by atoms with E-state index in [-0.39, 0.29) is 10.9 Å². The zero-order valence-electron chi connectivity index (χ0n) is 10.9. The number of ether oxygens (including phenoxy) is 1. The molecule has 1 saturated heterocycles. The van der Waals surface area contributed by atoms with Crippen LogP contribution in [0.25, 0.3) is 0 Å². The molecule has 3 N–H and O–H groups in total. The Kier molecular flexibility index (Phi) is 4.41. The zero-order chi connectivity index (χ0) is 13.9. The highest BCUT2D eigenvalue weighted by Gasteiger charge is 2.32. The van der Waals surface area contributed by atoms with Gasteiger partial charge < -0.3 is 10.2 Å². The number of hydrogen-bond acceptors (Lipinski definition) is 5. The van der Waals surface area contributed by atoms with Gasteiger partial charge in [-0.1, -0.05) is 6.92 Å². The lowest BCUT2D eigenvalue weighted by Gasteiger charge is -2.33. The van der Waals surface area contributed by atoms with Gasteiger partial charge in [0, 0.05) is 18.3 Å². The molecule has 0 spiro atoms. The van der Waals surface area contributed by atoms with Gasteiger partial charge in [0.05, 0.1) is 18.1 Å². The molecule has 1 aliphatic heterocycles. The Balaban J connectivity index is 2.29. The summed E-state index contributed by atoms with van der Waals surface area (Å²) >= 11 is 0. The van der Waals surface area contributed by atoms with Crippen molar-refractivity contribution in [2.75, 3.05) is 25.2 Å². The number of sulfonamides is 1. The SMILES string of the molecule is CCC1COCCN1S(=O)(=O)c1ccc(NN)cc1. The van der Waals surface area contributed by atoms with Gasteiger partial charge in [-0.25, -0.2) is 8.42 Å². The van der Waals surface area contributed by atoms with Crippen LogP contribution in [0.5, 0.6) is 0 Å². The number of anilines is 1. The number of hydrazine groups is 1. The van der Waals surface area contributed by atoms with Crippen molar-refractivity contribution >= 4 is 15.7 Å². The first kappa shape index (κ1) is 14.3. The van der Waals surface area contributed by atoms with E-state index in [1.54, 1.807) is 24.3 Å². The van der Waals surface area contributed by atoms with Crippen LogP contribution in [-0.2, 0) is 14.8 Å². The fraction of sp³-hybridized carbons (Fsp3) is 0.500. The molecule has 7 heteroatoms. The Morgan fingerprint density at radius 1 is 1.42 bits per heavy atom. The first-order valence-electron chi connectivity index (χ1n) is 6.26. The van der Waals surface area contributed by atoms with Crippen LogP contribution in [0.3, 0.4) is 0 Å². The van der Waals surface area contributed by atoms with Crippen molar-refractivity contribution in [1.29, 1.82) is 0 Å². The Morgan fingerprint density at radius 2 is 2.11 bits per heavy atom. The first-order valence-corrected chi connectivity index (χ1v) is 7.70. The smallest absolute Gasteiger partial charge is 0.243 e. The Labute approximate surface area is 113 Å². The predicted octanol–water partition coefficient (Wildman–Crippen LogP) is 0.772. The maximum atomic E-state index is 12.6. The fourth-order valence-corrected chi connectivity index (χ4v) is 3.80. The summed E-state index contributed by atoms with van der Waals surface area (Å²) in [6.07, 6.45) is 0.738. The summed E-state index contributed by atoms with van der Waals surface area (Å²) in [5, 5.41) is 0. The normalized spacial score (nSPS) is 21.3. The van der Waals surface area contributed by atoms with Crippen molar-refractivity contribution in [3.8, 4) is 0 Å². The van der Waals surface area contributed by atoms with E-state index in [9.17, 15) is 8.42 Å². The molecule has 1 fully saturated rings. The molecule has 1 aliphatic rings. The van der Waals surface area contributed by atoms with Crippen LogP contribution in [0.1, 0.15) is 13.3 Å². The van der Waals surface area contributed by atoms with Crippen LogP contribution >= 0.6 is 0 Å². The largest absolute Gasteiger partial charge is 0.378 e. The number of hydrogen-bond donors (Lipinski definition) is 2. The third-order valence-electron chi connectivity index (χ3n) is 3.27. The van der Waals surface area contributed by atoms with Gasteiger partial charge >= 0.3 is 0 Å². The molecule has 1 atom stereocenters. The van der Waals surface area contributed by atoms with Gasteiger partial charge in [0.1, 0.15) is 0 Å². The molecule has 1 aromatic carbocycles. The molecule has 6 nitrogen and oxygen atoms in total. The van der Waals surface area contributed by atoms with E-state index < -0.39 is 10.0 Å². The number of morpholine rings is 1. The van der Waals surface area contributed by atoms with E-state index in [1.807, 2.05) is 6.92 Å². The number of rotatable bonds is 4. The second-order valence-corrected chi connectivity index (χ2v) is 6.31. The van der Waals surface area contributed by atoms with Crippen LogP contribution in [-0.4, -0.2) is 38.5 Å². The number of nitrogens with zero attached hydrogens (tertiary/aromatic N) is 1.